The van der Waals surface area contributed by atoms with Crippen molar-refractivity contribution >= 4 is 17.0 Å². The lowest BCUT2D eigenvalue weighted by Crippen LogP contribution is -2.35. The van der Waals surface area contributed by atoms with Crippen molar-refractivity contribution in [3.05, 3.63) is 65.9 Å². The van der Waals surface area contributed by atoms with Gasteiger partial charge in [-0.2, -0.15) is 5.26 Å². The van der Waals surface area contributed by atoms with Crippen molar-refractivity contribution in [1.82, 2.24) is 9.88 Å². The van der Waals surface area contributed by atoms with Gasteiger partial charge in [0, 0.05) is 48.3 Å². The first kappa shape index (κ1) is 25.6. The second-order valence-corrected chi connectivity index (χ2v) is 11.0. The molecule has 0 radical (unpaired) electrons. The smallest absolute Gasteiger partial charge is 0.254 e. The highest BCUT2D eigenvalue weighted by Gasteiger charge is 2.42. The van der Waals surface area contributed by atoms with E-state index in [1.54, 1.807) is 13.3 Å². The van der Waals surface area contributed by atoms with Gasteiger partial charge in [-0.05, 0) is 67.6 Å². The quantitative estimate of drug-likeness (QED) is 0.276. The summed E-state index contributed by atoms with van der Waals surface area (Å²) < 4.78 is 23.7. The molecule has 0 saturated carbocycles. The molecule has 3 aliphatic rings. The van der Waals surface area contributed by atoms with Gasteiger partial charge in [0.05, 0.1) is 31.5 Å². The van der Waals surface area contributed by atoms with Crippen molar-refractivity contribution in [2.24, 2.45) is 0 Å². The predicted octanol–water partition coefficient (Wildman–Crippen LogP) is 6.37. The number of aromatic nitrogens is 1. The molecule has 7 rings (SSSR count). The summed E-state index contributed by atoms with van der Waals surface area (Å²) in [5.74, 6) is 1.82. The fourth-order valence-electron chi connectivity index (χ4n) is 6.58. The van der Waals surface area contributed by atoms with Crippen molar-refractivity contribution in [3.63, 3.8) is 0 Å². The number of nitrogens with zero attached hydrogens (tertiary/aromatic N) is 3. The van der Waals surface area contributed by atoms with Crippen LogP contribution in [0.25, 0.3) is 33.6 Å². The molecule has 208 valence electrons. The molecule has 0 aliphatic carbocycles. The minimum absolute atomic E-state index is 0.0455. The number of carbonyl (C=O) groups excluding carboxylic acids is 1. The highest BCUT2D eigenvalue weighted by molar-refractivity contribution is 5.97. The number of rotatable bonds is 6. The van der Waals surface area contributed by atoms with Gasteiger partial charge in [-0.15, -0.1) is 0 Å². The first-order chi connectivity index (χ1) is 20.1. The van der Waals surface area contributed by atoms with E-state index in [4.69, 9.17) is 18.6 Å². The maximum absolute atomic E-state index is 13.4. The Morgan fingerprint density at radius 1 is 0.951 bits per heavy atom. The van der Waals surface area contributed by atoms with Gasteiger partial charge in [-0.3, -0.25) is 9.78 Å². The topological polar surface area (TPSA) is 97.8 Å². The maximum atomic E-state index is 13.4. The Balaban J connectivity index is 1.20. The van der Waals surface area contributed by atoms with Gasteiger partial charge in [0.25, 0.3) is 5.91 Å². The second-order valence-electron chi connectivity index (χ2n) is 11.0. The average Bonchev–Trinajstić information content (AvgIpc) is 3.75. The third kappa shape index (κ3) is 4.60. The molecule has 8 heteroatoms. The minimum atomic E-state index is 0.0455. The summed E-state index contributed by atoms with van der Waals surface area (Å²) in [4.78, 5) is 20.0. The maximum Gasteiger partial charge on any atom is 0.254 e. The zero-order valence-electron chi connectivity index (χ0n) is 23.0. The first-order valence-electron chi connectivity index (χ1n) is 14.3. The van der Waals surface area contributed by atoms with Gasteiger partial charge in [-0.1, -0.05) is 6.07 Å². The van der Waals surface area contributed by atoms with E-state index in [1.807, 2.05) is 48.5 Å². The van der Waals surface area contributed by atoms with E-state index in [2.05, 4.69) is 16.0 Å². The number of methoxy groups -OCH3 is 1. The molecule has 4 aromatic rings. The molecule has 8 nitrogen and oxygen atoms in total. The van der Waals surface area contributed by atoms with Crippen molar-refractivity contribution in [2.75, 3.05) is 20.3 Å². The van der Waals surface area contributed by atoms with Gasteiger partial charge >= 0.3 is 0 Å². The van der Waals surface area contributed by atoms with Crippen molar-refractivity contribution < 1.29 is 23.4 Å². The second kappa shape index (κ2) is 10.6. The van der Waals surface area contributed by atoms with E-state index in [0.29, 0.717) is 64.8 Å². The van der Waals surface area contributed by atoms with E-state index in [-0.39, 0.29) is 12.0 Å². The minimum Gasteiger partial charge on any atom is -0.496 e. The zero-order valence-corrected chi connectivity index (χ0v) is 23.0. The Bertz CT molecular complexity index is 1650. The third-order valence-electron chi connectivity index (χ3n) is 8.69. The number of ether oxygens (including phenoxy) is 3. The van der Waals surface area contributed by atoms with Crippen LogP contribution in [0.2, 0.25) is 0 Å². The Morgan fingerprint density at radius 3 is 2.46 bits per heavy atom. The number of furan rings is 1. The molecule has 2 aromatic carbocycles. The van der Waals surface area contributed by atoms with Crippen LogP contribution in [-0.2, 0) is 4.74 Å². The third-order valence-corrected chi connectivity index (χ3v) is 8.69. The Labute approximate surface area is 238 Å². The molecule has 2 bridgehead atoms. The zero-order chi connectivity index (χ0) is 27.9. The van der Waals surface area contributed by atoms with Crippen LogP contribution in [-0.4, -0.2) is 54.3 Å². The van der Waals surface area contributed by atoms with E-state index in [9.17, 15) is 10.1 Å². The van der Waals surface area contributed by atoms with Crippen LogP contribution in [0.5, 0.6) is 11.5 Å². The molecular formula is C33H31N3O5. The van der Waals surface area contributed by atoms with Crippen LogP contribution in [0.15, 0.2) is 59.1 Å². The van der Waals surface area contributed by atoms with Crippen LogP contribution < -0.4 is 9.47 Å². The summed E-state index contributed by atoms with van der Waals surface area (Å²) in [6.07, 6.45) is 7.80. The van der Waals surface area contributed by atoms with Crippen LogP contribution in [0.4, 0.5) is 0 Å². The monoisotopic (exact) mass is 549 g/mol. The number of hydrogen-bond acceptors (Lipinski definition) is 7. The number of carbonyl (C=O) groups is 1. The molecule has 0 spiro atoms. The van der Waals surface area contributed by atoms with E-state index in [0.717, 1.165) is 55.2 Å². The Kier molecular flexibility index (Phi) is 6.60. The number of fused-ring (bicyclic) bond motifs is 3. The molecule has 0 N–H and O–H groups in total. The van der Waals surface area contributed by atoms with Gasteiger partial charge in [0.1, 0.15) is 34.9 Å². The first-order valence-corrected chi connectivity index (χ1v) is 14.3. The highest BCUT2D eigenvalue weighted by atomic mass is 16.5. The summed E-state index contributed by atoms with van der Waals surface area (Å²) in [5, 5.41) is 9.87. The van der Waals surface area contributed by atoms with Crippen molar-refractivity contribution in [3.8, 4) is 40.0 Å². The molecule has 3 saturated heterocycles. The van der Waals surface area contributed by atoms with Crippen molar-refractivity contribution in [1.29, 1.82) is 5.26 Å². The number of hydrogen-bond donors (Lipinski definition) is 0. The fraction of sp³-hybridized carbons (Fsp3) is 0.364. The largest absolute Gasteiger partial charge is 0.496 e. The fourth-order valence-corrected chi connectivity index (χ4v) is 6.58. The van der Waals surface area contributed by atoms with Crippen LogP contribution in [0, 0.1) is 11.3 Å². The number of nitriles is 1. The van der Waals surface area contributed by atoms with Crippen LogP contribution >= 0.6 is 0 Å². The lowest BCUT2D eigenvalue weighted by molar-refractivity contribution is 0.0254. The molecule has 5 heterocycles. The highest BCUT2D eigenvalue weighted by Crippen LogP contribution is 2.41. The molecule has 41 heavy (non-hydrogen) atoms. The summed E-state index contributed by atoms with van der Waals surface area (Å²) in [5.41, 5.74) is 4.81. The lowest BCUT2D eigenvalue weighted by Gasteiger charge is -2.23. The normalized spacial score (nSPS) is 20.3. The summed E-state index contributed by atoms with van der Waals surface area (Å²) in [6, 6.07) is 18.0. The van der Waals surface area contributed by atoms with Gasteiger partial charge < -0.3 is 23.5 Å². The molecule has 0 unspecified atom stereocenters. The lowest BCUT2D eigenvalue weighted by atomic mass is 10.0. The van der Waals surface area contributed by atoms with Gasteiger partial charge in [0.15, 0.2) is 5.58 Å². The summed E-state index contributed by atoms with van der Waals surface area (Å²) in [7, 11) is 1.60. The molecule has 0 atom stereocenters. The number of benzene rings is 2. The van der Waals surface area contributed by atoms with E-state index in [1.165, 1.54) is 0 Å². The molecule has 3 fully saturated rings. The van der Waals surface area contributed by atoms with Crippen LogP contribution in [0.3, 0.4) is 0 Å². The van der Waals surface area contributed by atoms with Gasteiger partial charge in [-0.25, -0.2) is 0 Å². The molecular weight excluding hydrogens is 518 g/mol. The molecule has 2 aromatic heterocycles. The summed E-state index contributed by atoms with van der Waals surface area (Å²) >= 11 is 0. The van der Waals surface area contributed by atoms with E-state index >= 15 is 0 Å². The summed E-state index contributed by atoms with van der Waals surface area (Å²) in [6.45, 7) is 1.34. The standard InChI is InChI=1S/C33H31N3O5/c1-38-30-17-21(33(37)36-23-4-5-24(36)7-6-23)2-8-27(30)31-18-28-32(41-31)26(10-13-35-28)20-3-9-29(22(16-20)19-34)40-25-11-14-39-15-12-25/h2-3,8-10,13,16-18,23-25H,4-7,11-12,14-15H2,1H3. The SMILES string of the molecule is COc1cc(C(=O)N2C3CCC2CC3)ccc1-c1cc2nccc(-c3ccc(OC4CCOCC4)c(C#N)c3)c2o1. The Morgan fingerprint density at radius 2 is 1.73 bits per heavy atom. The van der Waals surface area contributed by atoms with Gasteiger partial charge in [0.2, 0.25) is 0 Å². The predicted molar refractivity (Wildman–Crippen MR) is 153 cm³/mol. The van der Waals surface area contributed by atoms with Crippen LogP contribution in [0.1, 0.15) is 54.4 Å². The number of pyridine rings is 1. The van der Waals surface area contributed by atoms with E-state index < -0.39 is 0 Å². The number of amides is 1. The average molecular weight is 550 g/mol. The Hall–Kier alpha value is -4.35. The van der Waals surface area contributed by atoms with Crippen molar-refractivity contribution in [2.45, 2.75) is 56.7 Å². The molecule has 3 aliphatic heterocycles. The molecule has 1 amide bonds.